The van der Waals surface area contributed by atoms with Crippen LogP contribution in [0, 0.1) is 5.92 Å². The Hall–Kier alpha value is -2.25. The predicted molar refractivity (Wildman–Crippen MR) is 135 cm³/mol. The van der Waals surface area contributed by atoms with E-state index in [-0.39, 0.29) is 33.7 Å². The van der Waals surface area contributed by atoms with Crippen LogP contribution in [0.5, 0.6) is 0 Å². The maximum absolute atomic E-state index is 13.0. The third-order valence-corrected chi connectivity index (χ3v) is 7.71. The van der Waals surface area contributed by atoms with E-state index in [2.05, 4.69) is 15.8 Å². The third-order valence-electron chi connectivity index (χ3n) is 5.17. The minimum Gasteiger partial charge on any atom is -0.458 e. The third kappa shape index (κ3) is 6.01. The molecule has 0 radical (unpaired) electrons. The van der Waals surface area contributed by atoms with E-state index >= 15 is 0 Å². The average molecular weight is 524 g/mol. The number of hydrogen-bond acceptors (Lipinski definition) is 4. The lowest BCUT2D eigenvalue weighted by atomic mass is 9.95. The summed E-state index contributed by atoms with van der Waals surface area (Å²) in [7, 11) is -3.93. The van der Waals surface area contributed by atoms with E-state index in [1.165, 1.54) is 12.2 Å². The van der Waals surface area contributed by atoms with E-state index in [1.807, 2.05) is 24.3 Å². The molecule has 0 spiro atoms. The summed E-state index contributed by atoms with van der Waals surface area (Å²) in [5.41, 5.74) is 1.32. The van der Waals surface area contributed by atoms with Crippen LogP contribution in [0.2, 0.25) is 0 Å². The zero-order valence-electron chi connectivity index (χ0n) is 17.5. The second kappa shape index (κ2) is 10.3. The fourth-order valence-electron chi connectivity index (χ4n) is 3.52. The highest BCUT2D eigenvalue weighted by molar-refractivity contribution is 7.93. The SMILES string of the molecule is O=S(=O)(N/C1=C/C(Cl)=C(/OC2=CC3CC=CC=C3N=C2)CC(Cl)=CC1)C1=CC=CCC=C1Cl. The summed E-state index contributed by atoms with van der Waals surface area (Å²) in [5, 5.41) is 0.888. The number of dihydropyridines is 1. The second-order valence-electron chi connectivity index (χ2n) is 7.62. The lowest BCUT2D eigenvalue weighted by molar-refractivity contribution is 0.315. The smallest absolute Gasteiger partial charge is 0.263 e. The first-order valence-electron chi connectivity index (χ1n) is 10.3. The molecule has 9 heteroatoms. The molecule has 1 heterocycles. The van der Waals surface area contributed by atoms with Gasteiger partial charge in [-0.1, -0.05) is 71.3 Å². The predicted octanol–water partition coefficient (Wildman–Crippen LogP) is 6.57. The highest BCUT2D eigenvalue weighted by atomic mass is 35.5. The first-order valence-corrected chi connectivity index (χ1v) is 12.9. The zero-order valence-corrected chi connectivity index (χ0v) is 20.6. The van der Waals surface area contributed by atoms with Gasteiger partial charge in [-0.05, 0) is 37.1 Å². The molecule has 3 aliphatic carbocycles. The van der Waals surface area contributed by atoms with Gasteiger partial charge in [0, 0.05) is 35.2 Å². The van der Waals surface area contributed by atoms with Crippen LogP contribution in [0.3, 0.4) is 0 Å². The van der Waals surface area contributed by atoms with Crippen LogP contribution in [0.4, 0.5) is 0 Å². The Balaban J connectivity index is 1.59. The number of halogens is 3. The second-order valence-corrected chi connectivity index (χ2v) is 10.6. The van der Waals surface area contributed by atoms with E-state index in [0.29, 0.717) is 28.7 Å². The lowest BCUT2D eigenvalue weighted by Crippen LogP contribution is -2.25. The van der Waals surface area contributed by atoms with Crippen molar-refractivity contribution in [2.75, 3.05) is 0 Å². The van der Waals surface area contributed by atoms with Gasteiger partial charge >= 0.3 is 0 Å². The fourth-order valence-corrected chi connectivity index (χ4v) is 5.61. The lowest BCUT2D eigenvalue weighted by Gasteiger charge is -2.21. The fraction of sp³-hybridized carbons (Fsp3) is 0.208. The van der Waals surface area contributed by atoms with Crippen LogP contribution in [0.25, 0.3) is 0 Å². The summed E-state index contributed by atoms with van der Waals surface area (Å²) in [6, 6.07) is 0. The summed E-state index contributed by atoms with van der Waals surface area (Å²) in [4.78, 5) is 4.44. The van der Waals surface area contributed by atoms with Gasteiger partial charge in [-0.15, -0.1) is 0 Å². The standard InChI is InChI=1S/C24H21Cl3N2O3S/c25-17-10-11-18(29-33(30,31)24-9-3-1-2-7-20(24)26)14-21(27)23(13-17)32-19-12-16-6-4-5-8-22(16)28-15-19/h1,3-5,7-10,12,14-16,29H,2,6,11,13H2/b17-10?,18-14+,23-21-. The van der Waals surface area contributed by atoms with E-state index in [4.69, 9.17) is 39.5 Å². The Morgan fingerprint density at radius 3 is 2.76 bits per heavy atom. The topological polar surface area (TPSA) is 67.8 Å². The van der Waals surface area contributed by atoms with E-state index in [0.717, 1.165) is 12.1 Å². The molecule has 1 N–H and O–H groups in total. The number of ether oxygens (including phenoxy) is 1. The Bertz CT molecular complexity index is 1260. The molecule has 0 aromatic carbocycles. The first-order chi connectivity index (χ1) is 15.8. The number of rotatable bonds is 5. The van der Waals surface area contributed by atoms with Crippen molar-refractivity contribution in [3.05, 3.63) is 104 Å². The molecule has 4 aliphatic rings. The van der Waals surface area contributed by atoms with Crippen molar-refractivity contribution in [2.45, 2.75) is 25.7 Å². The van der Waals surface area contributed by atoms with Crippen molar-refractivity contribution >= 4 is 51.0 Å². The molecule has 0 amide bonds. The van der Waals surface area contributed by atoms with Crippen molar-refractivity contribution in [1.82, 2.24) is 4.72 Å². The molecule has 4 rings (SSSR count). The van der Waals surface area contributed by atoms with Gasteiger partial charge in [0.25, 0.3) is 10.0 Å². The Labute approximate surface area is 208 Å². The molecule has 0 bridgehead atoms. The minimum atomic E-state index is -3.93. The number of fused-ring (bicyclic) bond motifs is 1. The Morgan fingerprint density at radius 1 is 1.09 bits per heavy atom. The molecule has 0 aromatic heterocycles. The van der Waals surface area contributed by atoms with Crippen LogP contribution in [0.15, 0.2) is 109 Å². The summed E-state index contributed by atoms with van der Waals surface area (Å²) >= 11 is 19.1. The van der Waals surface area contributed by atoms with E-state index < -0.39 is 10.0 Å². The molecule has 1 atom stereocenters. The number of nitrogens with zero attached hydrogens (tertiary/aromatic N) is 1. The summed E-state index contributed by atoms with van der Waals surface area (Å²) in [6.45, 7) is 0. The van der Waals surface area contributed by atoms with Crippen molar-refractivity contribution in [2.24, 2.45) is 10.9 Å². The number of allylic oxidation sites excluding steroid dienone is 14. The molecule has 0 aromatic rings. The number of nitrogens with one attached hydrogen (secondary N) is 1. The monoisotopic (exact) mass is 522 g/mol. The van der Waals surface area contributed by atoms with Crippen molar-refractivity contribution in [1.29, 1.82) is 0 Å². The summed E-state index contributed by atoms with van der Waals surface area (Å²) in [5.74, 6) is 1.11. The van der Waals surface area contributed by atoms with Crippen LogP contribution in [-0.2, 0) is 14.8 Å². The summed E-state index contributed by atoms with van der Waals surface area (Å²) in [6.07, 6.45) is 21.4. The molecule has 0 saturated heterocycles. The van der Waals surface area contributed by atoms with Crippen LogP contribution < -0.4 is 4.72 Å². The van der Waals surface area contributed by atoms with Gasteiger partial charge in [0.1, 0.15) is 16.4 Å². The van der Waals surface area contributed by atoms with E-state index in [9.17, 15) is 8.42 Å². The largest absolute Gasteiger partial charge is 0.458 e. The van der Waals surface area contributed by atoms with Crippen LogP contribution in [-0.4, -0.2) is 14.6 Å². The van der Waals surface area contributed by atoms with Crippen LogP contribution in [0.1, 0.15) is 25.7 Å². The summed E-state index contributed by atoms with van der Waals surface area (Å²) < 4.78 is 34.6. The molecular weight excluding hydrogens is 503 g/mol. The highest BCUT2D eigenvalue weighted by Gasteiger charge is 2.23. The Kier molecular flexibility index (Phi) is 7.49. The van der Waals surface area contributed by atoms with Crippen molar-refractivity contribution in [3.8, 4) is 0 Å². The number of aliphatic imine (C=N–C) groups is 1. The molecule has 0 saturated carbocycles. The molecular formula is C24H21Cl3N2O3S. The molecule has 172 valence electrons. The average Bonchev–Trinajstić information content (AvgIpc) is 3.01. The molecule has 1 unspecified atom stereocenters. The number of sulfonamides is 1. The van der Waals surface area contributed by atoms with Gasteiger partial charge in [-0.2, -0.15) is 0 Å². The number of hydrogen-bond donors (Lipinski definition) is 1. The van der Waals surface area contributed by atoms with Crippen molar-refractivity contribution in [3.63, 3.8) is 0 Å². The molecule has 5 nitrogen and oxygen atoms in total. The first kappa shape index (κ1) is 23.9. The minimum absolute atomic E-state index is 0.0125. The van der Waals surface area contributed by atoms with Gasteiger partial charge < -0.3 is 4.74 Å². The quantitative estimate of drug-likeness (QED) is 0.443. The zero-order chi connectivity index (χ0) is 23.4. The van der Waals surface area contributed by atoms with Gasteiger partial charge in [0.2, 0.25) is 0 Å². The van der Waals surface area contributed by atoms with Crippen molar-refractivity contribution < 1.29 is 13.2 Å². The van der Waals surface area contributed by atoms with Gasteiger partial charge in [-0.25, -0.2) is 8.42 Å². The molecule has 1 aliphatic heterocycles. The van der Waals surface area contributed by atoms with E-state index in [1.54, 1.807) is 24.4 Å². The normalized spacial score (nSPS) is 26.8. The molecule has 0 fully saturated rings. The van der Waals surface area contributed by atoms with Crippen LogP contribution >= 0.6 is 34.8 Å². The van der Waals surface area contributed by atoms with Gasteiger partial charge in [0.05, 0.1) is 16.3 Å². The highest BCUT2D eigenvalue weighted by Crippen LogP contribution is 2.32. The maximum atomic E-state index is 13.0. The molecule has 33 heavy (non-hydrogen) atoms. The maximum Gasteiger partial charge on any atom is 0.263 e. The Morgan fingerprint density at radius 2 is 1.91 bits per heavy atom. The van der Waals surface area contributed by atoms with Gasteiger partial charge in [-0.3, -0.25) is 9.71 Å². The van der Waals surface area contributed by atoms with Gasteiger partial charge in [0.15, 0.2) is 0 Å².